The molecule has 0 saturated heterocycles. The highest BCUT2D eigenvalue weighted by Crippen LogP contribution is 2.15. The molecule has 8 heteroatoms. The number of nitrogens with one attached hydrogen (secondary N) is 1. The summed E-state index contributed by atoms with van der Waals surface area (Å²) < 4.78 is 4.49. The first-order valence-corrected chi connectivity index (χ1v) is 7.34. The first-order valence-electron chi connectivity index (χ1n) is 7.34. The quantitative estimate of drug-likeness (QED) is 0.595. The molecule has 0 aliphatic heterocycles. The van der Waals surface area contributed by atoms with Crippen molar-refractivity contribution in [2.24, 2.45) is 0 Å². The molecule has 0 aliphatic rings. The summed E-state index contributed by atoms with van der Waals surface area (Å²) >= 11 is 0. The fraction of sp³-hybridized carbons (Fsp3) is 0.125. The molecular formula is C16H13N5O3. The Bertz CT molecular complexity index is 1020. The van der Waals surface area contributed by atoms with E-state index in [0.717, 1.165) is 16.6 Å². The van der Waals surface area contributed by atoms with Crippen LogP contribution in [0.25, 0.3) is 11.0 Å². The zero-order valence-electron chi connectivity index (χ0n) is 12.5. The van der Waals surface area contributed by atoms with Gasteiger partial charge in [0.2, 0.25) is 0 Å². The van der Waals surface area contributed by atoms with E-state index in [1.54, 1.807) is 0 Å². The maximum absolute atomic E-state index is 11.0. The molecule has 0 aliphatic carbocycles. The number of nitrogens with zero attached hydrogens (tertiary/aromatic N) is 4. The molecule has 8 nitrogen and oxygen atoms in total. The molecule has 0 spiro atoms. The SMILES string of the molecule is O=c1[nH]c(Cc2ccc3c(c2)nnn3OCc2ccccc2)no1. The van der Waals surface area contributed by atoms with Crippen LogP contribution in [-0.2, 0) is 13.0 Å². The van der Waals surface area contributed by atoms with E-state index in [2.05, 4.69) is 25.0 Å². The third-order valence-corrected chi connectivity index (χ3v) is 3.53. The number of benzene rings is 2. The van der Waals surface area contributed by atoms with Crippen molar-refractivity contribution in [3.05, 3.63) is 76.0 Å². The zero-order valence-corrected chi connectivity index (χ0v) is 12.5. The monoisotopic (exact) mass is 323 g/mol. The Morgan fingerprint density at radius 1 is 1.12 bits per heavy atom. The largest absolute Gasteiger partial charge is 0.438 e. The van der Waals surface area contributed by atoms with Gasteiger partial charge in [-0.15, -0.1) is 5.10 Å². The van der Waals surface area contributed by atoms with Crippen LogP contribution in [0.5, 0.6) is 0 Å². The molecule has 2 heterocycles. The van der Waals surface area contributed by atoms with Gasteiger partial charge in [-0.1, -0.05) is 46.4 Å². The Balaban J connectivity index is 1.53. The van der Waals surface area contributed by atoms with Crippen LogP contribution in [0.3, 0.4) is 0 Å². The molecule has 24 heavy (non-hydrogen) atoms. The van der Waals surface area contributed by atoms with Crippen molar-refractivity contribution in [1.82, 2.24) is 25.3 Å². The predicted octanol–water partition coefficient (Wildman–Crippen LogP) is 1.33. The highest BCUT2D eigenvalue weighted by Gasteiger charge is 2.09. The van der Waals surface area contributed by atoms with Gasteiger partial charge in [-0.25, -0.2) is 4.79 Å². The third kappa shape index (κ3) is 2.89. The number of fused-ring (bicyclic) bond motifs is 1. The molecule has 4 rings (SSSR count). The molecule has 2 aromatic carbocycles. The number of rotatable bonds is 5. The van der Waals surface area contributed by atoms with E-state index in [4.69, 9.17) is 4.84 Å². The second-order valence-electron chi connectivity index (χ2n) is 5.26. The normalized spacial score (nSPS) is 11.0. The fourth-order valence-corrected chi connectivity index (χ4v) is 2.39. The minimum atomic E-state index is -0.564. The summed E-state index contributed by atoms with van der Waals surface area (Å²) in [5.41, 5.74) is 3.45. The second kappa shape index (κ2) is 5.99. The van der Waals surface area contributed by atoms with Gasteiger partial charge in [0.05, 0.1) is 0 Å². The average molecular weight is 323 g/mol. The van der Waals surface area contributed by atoms with Crippen molar-refractivity contribution in [2.45, 2.75) is 13.0 Å². The van der Waals surface area contributed by atoms with E-state index in [9.17, 15) is 4.79 Å². The topological polar surface area (TPSA) is 98.8 Å². The van der Waals surface area contributed by atoms with Crippen molar-refractivity contribution >= 4 is 11.0 Å². The molecule has 0 atom stereocenters. The lowest BCUT2D eigenvalue weighted by atomic mass is 10.1. The molecular weight excluding hydrogens is 310 g/mol. The molecule has 2 aromatic heterocycles. The average Bonchev–Trinajstić information content (AvgIpc) is 3.20. The lowest BCUT2D eigenvalue weighted by Gasteiger charge is -2.05. The predicted molar refractivity (Wildman–Crippen MR) is 84.2 cm³/mol. The lowest BCUT2D eigenvalue weighted by Crippen LogP contribution is -2.12. The van der Waals surface area contributed by atoms with Crippen molar-refractivity contribution in [3.63, 3.8) is 0 Å². The van der Waals surface area contributed by atoms with Gasteiger partial charge in [-0.05, 0) is 28.5 Å². The molecule has 0 saturated carbocycles. The smallest absolute Gasteiger partial charge is 0.390 e. The summed E-state index contributed by atoms with van der Waals surface area (Å²) in [4.78, 5) is 20.6. The molecule has 0 radical (unpaired) electrons. The van der Waals surface area contributed by atoms with Crippen LogP contribution in [0, 0.1) is 0 Å². The second-order valence-corrected chi connectivity index (χ2v) is 5.26. The van der Waals surface area contributed by atoms with E-state index in [0.29, 0.717) is 24.4 Å². The van der Waals surface area contributed by atoms with Gasteiger partial charge >= 0.3 is 5.76 Å². The summed E-state index contributed by atoms with van der Waals surface area (Å²) in [6.45, 7) is 0.404. The van der Waals surface area contributed by atoms with Crippen LogP contribution in [0.2, 0.25) is 0 Å². The van der Waals surface area contributed by atoms with Gasteiger partial charge in [0.15, 0.2) is 5.82 Å². The van der Waals surface area contributed by atoms with Crippen LogP contribution in [0.15, 0.2) is 57.8 Å². The molecule has 0 amide bonds. The summed E-state index contributed by atoms with van der Waals surface area (Å²) in [5, 5.41) is 11.8. The maximum Gasteiger partial charge on any atom is 0.438 e. The number of hydrogen-bond donors (Lipinski definition) is 1. The Morgan fingerprint density at radius 2 is 2.00 bits per heavy atom. The summed E-state index contributed by atoms with van der Waals surface area (Å²) in [5.74, 6) is -0.0987. The van der Waals surface area contributed by atoms with Crippen LogP contribution < -0.4 is 10.6 Å². The van der Waals surface area contributed by atoms with E-state index in [1.165, 1.54) is 4.85 Å². The standard InChI is InChI=1S/C16H13N5O3/c22-16-17-15(19-24-16)9-12-6-7-14-13(8-12)18-20-21(14)23-10-11-4-2-1-3-5-11/h1-8H,9-10H2,(H,17,19,22). The van der Waals surface area contributed by atoms with Crippen LogP contribution in [0.1, 0.15) is 17.0 Å². The number of aromatic nitrogens is 5. The van der Waals surface area contributed by atoms with Gasteiger partial charge in [0.25, 0.3) is 0 Å². The van der Waals surface area contributed by atoms with Gasteiger partial charge in [0, 0.05) is 6.42 Å². The minimum absolute atomic E-state index is 0.404. The Labute approximate surface area is 135 Å². The van der Waals surface area contributed by atoms with Gasteiger partial charge < -0.3 is 4.84 Å². The first kappa shape index (κ1) is 14.2. The van der Waals surface area contributed by atoms with Crippen molar-refractivity contribution in [2.75, 3.05) is 0 Å². The minimum Gasteiger partial charge on any atom is -0.390 e. The third-order valence-electron chi connectivity index (χ3n) is 3.53. The Kier molecular flexibility index (Phi) is 3.54. The highest BCUT2D eigenvalue weighted by molar-refractivity contribution is 5.74. The van der Waals surface area contributed by atoms with Crippen LogP contribution in [0.4, 0.5) is 0 Å². The first-order chi connectivity index (χ1) is 11.8. The lowest BCUT2D eigenvalue weighted by molar-refractivity contribution is 0.0752. The summed E-state index contributed by atoms with van der Waals surface area (Å²) in [6, 6.07) is 15.5. The number of H-pyrrole nitrogens is 1. The Hall–Kier alpha value is -3.42. The number of aromatic amines is 1. The summed E-state index contributed by atoms with van der Waals surface area (Å²) in [7, 11) is 0. The van der Waals surface area contributed by atoms with E-state index in [-0.39, 0.29) is 0 Å². The van der Waals surface area contributed by atoms with E-state index in [1.807, 2.05) is 48.5 Å². The van der Waals surface area contributed by atoms with Crippen molar-refractivity contribution in [3.8, 4) is 0 Å². The summed E-state index contributed by atoms with van der Waals surface area (Å²) in [6.07, 6.45) is 0.444. The molecule has 0 fully saturated rings. The van der Waals surface area contributed by atoms with Crippen molar-refractivity contribution < 1.29 is 9.36 Å². The van der Waals surface area contributed by atoms with E-state index >= 15 is 0 Å². The van der Waals surface area contributed by atoms with Gasteiger partial charge in [0.1, 0.15) is 17.6 Å². The van der Waals surface area contributed by atoms with Crippen molar-refractivity contribution in [1.29, 1.82) is 0 Å². The highest BCUT2D eigenvalue weighted by atomic mass is 16.7. The zero-order chi connectivity index (χ0) is 16.4. The fourth-order valence-electron chi connectivity index (χ4n) is 2.39. The van der Waals surface area contributed by atoms with Gasteiger partial charge in [-0.3, -0.25) is 9.51 Å². The Morgan fingerprint density at radius 3 is 2.79 bits per heavy atom. The van der Waals surface area contributed by atoms with E-state index < -0.39 is 5.76 Å². The van der Waals surface area contributed by atoms with Crippen LogP contribution in [-0.4, -0.2) is 25.3 Å². The molecule has 0 unspecified atom stereocenters. The molecule has 0 bridgehead atoms. The molecule has 120 valence electrons. The van der Waals surface area contributed by atoms with Crippen LogP contribution >= 0.6 is 0 Å². The van der Waals surface area contributed by atoms with Gasteiger partial charge in [-0.2, -0.15) is 0 Å². The molecule has 1 N–H and O–H groups in total. The number of hydrogen-bond acceptors (Lipinski definition) is 6. The maximum atomic E-state index is 11.0. The molecule has 4 aromatic rings.